The van der Waals surface area contributed by atoms with Crippen LogP contribution in [0.5, 0.6) is 0 Å². The fourth-order valence-corrected chi connectivity index (χ4v) is 1.09. The van der Waals surface area contributed by atoms with E-state index in [-0.39, 0.29) is 6.10 Å². The van der Waals surface area contributed by atoms with Crippen molar-refractivity contribution in [1.29, 1.82) is 0 Å². The van der Waals surface area contributed by atoms with E-state index in [1.807, 2.05) is 30.3 Å². The predicted molar refractivity (Wildman–Crippen MR) is 54.6 cm³/mol. The SMILES string of the molecule is NCCC(O)CNc1ccccc1. The normalized spacial score (nSPS) is 12.5. The van der Waals surface area contributed by atoms with Gasteiger partial charge in [-0.15, -0.1) is 0 Å². The van der Waals surface area contributed by atoms with Crippen molar-refractivity contribution in [3.63, 3.8) is 0 Å². The summed E-state index contributed by atoms with van der Waals surface area (Å²) < 4.78 is 0. The largest absolute Gasteiger partial charge is 0.391 e. The molecule has 0 fully saturated rings. The van der Waals surface area contributed by atoms with Crippen molar-refractivity contribution >= 4 is 5.69 Å². The smallest absolute Gasteiger partial charge is 0.0724 e. The van der Waals surface area contributed by atoms with Gasteiger partial charge < -0.3 is 16.2 Å². The van der Waals surface area contributed by atoms with Crippen LogP contribution >= 0.6 is 0 Å². The summed E-state index contributed by atoms with van der Waals surface area (Å²) in [5.74, 6) is 0. The monoisotopic (exact) mass is 180 g/mol. The van der Waals surface area contributed by atoms with Crippen molar-refractivity contribution in [1.82, 2.24) is 0 Å². The highest BCUT2D eigenvalue weighted by Gasteiger charge is 2.00. The van der Waals surface area contributed by atoms with E-state index in [1.54, 1.807) is 0 Å². The van der Waals surface area contributed by atoms with E-state index in [0.717, 1.165) is 5.69 Å². The number of hydrogen-bond donors (Lipinski definition) is 3. The molecule has 1 unspecified atom stereocenters. The number of hydrogen-bond acceptors (Lipinski definition) is 3. The second kappa shape index (κ2) is 5.56. The molecule has 0 spiro atoms. The van der Waals surface area contributed by atoms with Crippen molar-refractivity contribution in [2.75, 3.05) is 18.4 Å². The summed E-state index contributed by atoms with van der Waals surface area (Å²) in [4.78, 5) is 0. The average molecular weight is 180 g/mol. The lowest BCUT2D eigenvalue weighted by atomic mass is 10.2. The first-order chi connectivity index (χ1) is 6.33. The number of aliphatic hydroxyl groups excluding tert-OH is 1. The van der Waals surface area contributed by atoms with Crippen LogP contribution < -0.4 is 11.1 Å². The molecule has 72 valence electrons. The van der Waals surface area contributed by atoms with Gasteiger partial charge in [0.1, 0.15) is 0 Å². The second-order valence-corrected chi connectivity index (χ2v) is 2.98. The number of para-hydroxylation sites is 1. The minimum Gasteiger partial charge on any atom is -0.391 e. The number of aliphatic hydroxyl groups is 1. The lowest BCUT2D eigenvalue weighted by Crippen LogP contribution is -2.22. The zero-order chi connectivity index (χ0) is 9.52. The van der Waals surface area contributed by atoms with Gasteiger partial charge in [0.05, 0.1) is 6.10 Å². The summed E-state index contributed by atoms with van der Waals surface area (Å²) in [6.07, 6.45) is 0.282. The van der Waals surface area contributed by atoms with Crippen molar-refractivity contribution in [3.8, 4) is 0 Å². The molecule has 0 radical (unpaired) electrons. The van der Waals surface area contributed by atoms with Crippen LogP contribution in [0.3, 0.4) is 0 Å². The fourth-order valence-electron chi connectivity index (χ4n) is 1.09. The molecule has 4 N–H and O–H groups in total. The molecule has 0 saturated carbocycles. The van der Waals surface area contributed by atoms with Gasteiger partial charge in [-0.05, 0) is 25.1 Å². The van der Waals surface area contributed by atoms with Gasteiger partial charge >= 0.3 is 0 Å². The van der Waals surface area contributed by atoms with Crippen LogP contribution in [-0.2, 0) is 0 Å². The van der Waals surface area contributed by atoms with Gasteiger partial charge in [0.25, 0.3) is 0 Å². The van der Waals surface area contributed by atoms with E-state index in [1.165, 1.54) is 0 Å². The van der Waals surface area contributed by atoms with E-state index in [0.29, 0.717) is 19.5 Å². The lowest BCUT2D eigenvalue weighted by molar-refractivity contribution is 0.180. The maximum atomic E-state index is 9.37. The minimum absolute atomic E-state index is 0.356. The summed E-state index contributed by atoms with van der Waals surface area (Å²) in [5.41, 5.74) is 6.34. The second-order valence-electron chi connectivity index (χ2n) is 2.98. The number of nitrogens with one attached hydrogen (secondary N) is 1. The Labute approximate surface area is 78.6 Å². The van der Waals surface area contributed by atoms with E-state index in [4.69, 9.17) is 5.73 Å². The van der Waals surface area contributed by atoms with E-state index in [2.05, 4.69) is 5.32 Å². The van der Waals surface area contributed by atoms with Crippen molar-refractivity contribution in [2.45, 2.75) is 12.5 Å². The average Bonchev–Trinajstić information content (AvgIpc) is 2.17. The molecule has 3 heteroatoms. The predicted octanol–water partition coefficient (Wildman–Crippen LogP) is 0.808. The van der Waals surface area contributed by atoms with Crippen LogP contribution in [0.4, 0.5) is 5.69 Å². The van der Waals surface area contributed by atoms with Crippen molar-refractivity contribution < 1.29 is 5.11 Å². The van der Waals surface area contributed by atoms with Gasteiger partial charge in [0.15, 0.2) is 0 Å². The Morgan fingerprint density at radius 3 is 2.62 bits per heavy atom. The van der Waals surface area contributed by atoms with Crippen LogP contribution in [0.25, 0.3) is 0 Å². The van der Waals surface area contributed by atoms with Gasteiger partial charge in [0.2, 0.25) is 0 Å². The molecule has 0 aliphatic carbocycles. The summed E-state index contributed by atoms with van der Waals surface area (Å²) in [6, 6.07) is 9.81. The fraction of sp³-hybridized carbons (Fsp3) is 0.400. The van der Waals surface area contributed by atoms with E-state index in [9.17, 15) is 5.11 Å². The molecule has 0 aliphatic heterocycles. The molecular weight excluding hydrogens is 164 g/mol. The van der Waals surface area contributed by atoms with Crippen LogP contribution in [-0.4, -0.2) is 24.3 Å². The number of anilines is 1. The molecule has 0 amide bonds. The van der Waals surface area contributed by atoms with Gasteiger partial charge in [-0.3, -0.25) is 0 Å². The molecule has 1 rings (SSSR count). The Hall–Kier alpha value is -1.06. The zero-order valence-corrected chi connectivity index (χ0v) is 7.61. The van der Waals surface area contributed by atoms with Gasteiger partial charge in [-0.2, -0.15) is 0 Å². The quantitative estimate of drug-likeness (QED) is 0.628. The maximum Gasteiger partial charge on any atom is 0.0724 e. The summed E-state index contributed by atoms with van der Waals surface area (Å²) in [6.45, 7) is 1.08. The first-order valence-electron chi connectivity index (χ1n) is 4.50. The molecule has 13 heavy (non-hydrogen) atoms. The molecule has 0 saturated heterocycles. The highest BCUT2D eigenvalue weighted by molar-refractivity contribution is 5.42. The summed E-state index contributed by atoms with van der Waals surface area (Å²) in [7, 11) is 0. The van der Waals surface area contributed by atoms with Crippen LogP contribution in [0.2, 0.25) is 0 Å². The number of benzene rings is 1. The molecule has 0 aromatic heterocycles. The third-order valence-corrected chi connectivity index (χ3v) is 1.82. The molecule has 0 aliphatic rings. The van der Waals surface area contributed by atoms with Gasteiger partial charge in [-0.25, -0.2) is 0 Å². The van der Waals surface area contributed by atoms with Crippen LogP contribution in [0.1, 0.15) is 6.42 Å². The first kappa shape index (κ1) is 10.0. The van der Waals surface area contributed by atoms with Crippen molar-refractivity contribution in [3.05, 3.63) is 30.3 Å². The molecule has 0 bridgehead atoms. The Morgan fingerprint density at radius 2 is 2.00 bits per heavy atom. The van der Waals surface area contributed by atoms with Crippen LogP contribution in [0.15, 0.2) is 30.3 Å². The minimum atomic E-state index is -0.356. The first-order valence-corrected chi connectivity index (χ1v) is 4.50. The molecule has 0 heterocycles. The molecule has 1 aromatic rings. The molecule has 3 nitrogen and oxygen atoms in total. The summed E-state index contributed by atoms with van der Waals surface area (Å²) in [5, 5.41) is 12.5. The Balaban J connectivity index is 2.27. The third kappa shape index (κ3) is 3.92. The van der Waals surface area contributed by atoms with Gasteiger partial charge in [0, 0.05) is 12.2 Å². The highest BCUT2D eigenvalue weighted by Crippen LogP contribution is 2.04. The van der Waals surface area contributed by atoms with E-state index >= 15 is 0 Å². The van der Waals surface area contributed by atoms with E-state index < -0.39 is 0 Å². The van der Waals surface area contributed by atoms with Crippen molar-refractivity contribution in [2.24, 2.45) is 5.73 Å². The molecule has 1 aromatic carbocycles. The topological polar surface area (TPSA) is 58.3 Å². The number of rotatable bonds is 5. The maximum absolute atomic E-state index is 9.37. The van der Waals surface area contributed by atoms with Crippen LogP contribution in [0, 0.1) is 0 Å². The standard InChI is InChI=1S/C10H16N2O/c11-7-6-10(13)8-12-9-4-2-1-3-5-9/h1-5,10,12-13H,6-8,11H2. The Bertz CT molecular complexity index is 226. The molecular formula is C10H16N2O. The molecule has 1 atom stereocenters. The Morgan fingerprint density at radius 1 is 1.31 bits per heavy atom. The van der Waals surface area contributed by atoms with Gasteiger partial charge in [-0.1, -0.05) is 18.2 Å². The zero-order valence-electron chi connectivity index (χ0n) is 7.61. The number of nitrogens with two attached hydrogens (primary N) is 1. The Kier molecular flexibility index (Phi) is 4.29. The highest BCUT2D eigenvalue weighted by atomic mass is 16.3. The lowest BCUT2D eigenvalue weighted by Gasteiger charge is -2.11. The summed E-state index contributed by atoms with van der Waals surface area (Å²) >= 11 is 0. The third-order valence-electron chi connectivity index (χ3n) is 1.82.